The highest BCUT2D eigenvalue weighted by Crippen LogP contribution is 1.90. The Bertz CT molecular complexity index is 242. The molecule has 5 N–H and O–H groups in total. The van der Waals surface area contributed by atoms with Crippen LogP contribution in [0.2, 0.25) is 0 Å². The fraction of sp³-hybridized carbons (Fsp3) is 0.667. The topological polar surface area (TPSA) is 144 Å². The van der Waals surface area contributed by atoms with Gasteiger partial charge in [0.05, 0.1) is 0 Å². The molecule has 0 aliphatic rings. The molecule has 0 heterocycles. The third-order valence-electron chi connectivity index (χ3n) is 1.54. The van der Waals surface area contributed by atoms with Crippen LogP contribution in [0.5, 0.6) is 0 Å². The smallest absolute Gasteiger partial charge is 0.414 e. The number of aliphatic hydroxyl groups excluding tert-OH is 1. The van der Waals surface area contributed by atoms with Crippen LogP contribution in [0.4, 0.5) is 0 Å². The molecule has 1 atom stereocenters. The highest BCUT2D eigenvalue weighted by Gasteiger charge is 2.14. The molecular formula is C9H17NO7. The van der Waals surface area contributed by atoms with Crippen molar-refractivity contribution in [2.45, 2.75) is 25.8 Å². The molecule has 8 nitrogen and oxygen atoms in total. The van der Waals surface area contributed by atoms with Gasteiger partial charge >= 0.3 is 17.9 Å². The lowest BCUT2D eigenvalue weighted by atomic mass is 10.2. The minimum atomic E-state index is -1.82. The first-order valence-corrected chi connectivity index (χ1v) is 4.90. The van der Waals surface area contributed by atoms with E-state index >= 15 is 0 Å². The maximum absolute atomic E-state index is 10.4. The SMILES string of the molecule is CCCNC(CCO)C(=O)O.O=C(O)C(=O)O. The molecule has 0 aliphatic carbocycles. The summed E-state index contributed by atoms with van der Waals surface area (Å²) in [6, 6.07) is -0.597. The molecule has 100 valence electrons. The zero-order valence-electron chi connectivity index (χ0n) is 9.42. The van der Waals surface area contributed by atoms with E-state index in [0.29, 0.717) is 6.54 Å². The lowest BCUT2D eigenvalue weighted by molar-refractivity contribution is -0.159. The van der Waals surface area contributed by atoms with Crippen LogP contribution in [0.1, 0.15) is 19.8 Å². The Balaban J connectivity index is 0. The van der Waals surface area contributed by atoms with Gasteiger partial charge in [0.15, 0.2) is 0 Å². The molecule has 0 saturated heterocycles. The van der Waals surface area contributed by atoms with Gasteiger partial charge in [-0.1, -0.05) is 6.92 Å². The molecule has 8 heteroatoms. The van der Waals surface area contributed by atoms with Crippen molar-refractivity contribution < 1.29 is 34.8 Å². The number of rotatable bonds is 6. The zero-order valence-corrected chi connectivity index (χ0v) is 9.42. The highest BCUT2D eigenvalue weighted by atomic mass is 16.4. The van der Waals surface area contributed by atoms with Crippen LogP contribution in [0, 0.1) is 0 Å². The Morgan fingerprint density at radius 3 is 1.82 bits per heavy atom. The number of aliphatic hydroxyl groups is 1. The largest absolute Gasteiger partial charge is 0.480 e. The van der Waals surface area contributed by atoms with Crippen LogP contribution in [-0.4, -0.2) is 57.5 Å². The highest BCUT2D eigenvalue weighted by molar-refractivity contribution is 6.27. The predicted octanol–water partition coefficient (Wildman–Crippen LogP) is -1.02. The molecule has 0 bridgehead atoms. The normalized spacial score (nSPS) is 10.9. The Kier molecular flexibility index (Phi) is 11.3. The van der Waals surface area contributed by atoms with Crippen LogP contribution in [0.25, 0.3) is 0 Å². The fourth-order valence-corrected chi connectivity index (χ4v) is 0.761. The van der Waals surface area contributed by atoms with Crippen molar-refractivity contribution in [2.75, 3.05) is 13.2 Å². The molecule has 17 heavy (non-hydrogen) atoms. The Hall–Kier alpha value is -1.67. The fourth-order valence-electron chi connectivity index (χ4n) is 0.761. The van der Waals surface area contributed by atoms with Crippen molar-refractivity contribution in [3.63, 3.8) is 0 Å². The minimum Gasteiger partial charge on any atom is -0.480 e. The van der Waals surface area contributed by atoms with E-state index < -0.39 is 23.9 Å². The van der Waals surface area contributed by atoms with Crippen LogP contribution >= 0.6 is 0 Å². The summed E-state index contributed by atoms with van der Waals surface area (Å²) in [5, 5.41) is 34.6. The summed E-state index contributed by atoms with van der Waals surface area (Å²) in [6.45, 7) is 2.55. The molecule has 0 spiro atoms. The Labute approximate surface area is 97.9 Å². The van der Waals surface area contributed by atoms with E-state index in [0.717, 1.165) is 6.42 Å². The first kappa shape index (κ1) is 17.7. The molecule has 0 rings (SSSR count). The first-order valence-electron chi connectivity index (χ1n) is 4.90. The number of hydrogen-bond acceptors (Lipinski definition) is 5. The monoisotopic (exact) mass is 251 g/mol. The van der Waals surface area contributed by atoms with E-state index in [1.165, 1.54) is 0 Å². The maximum atomic E-state index is 10.4. The van der Waals surface area contributed by atoms with Crippen molar-refractivity contribution in [3.05, 3.63) is 0 Å². The molecule has 0 amide bonds. The van der Waals surface area contributed by atoms with E-state index in [2.05, 4.69) is 5.32 Å². The number of nitrogens with one attached hydrogen (secondary N) is 1. The summed E-state index contributed by atoms with van der Waals surface area (Å²) in [7, 11) is 0. The van der Waals surface area contributed by atoms with Gasteiger partial charge in [-0.15, -0.1) is 0 Å². The second kappa shape index (κ2) is 10.8. The van der Waals surface area contributed by atoms with Gasteiger partial charge in [0, 0.05) is 6.61 Å². The summed E-state index contributed by atoms with van der Waals surface area (Å²) in [6.07, 6.45) is 1.17. The number of aliphatic carboxylic acids is 3. The third kappa shape index (κ3) is 12.3. The van der Waals surface area contributed by atoms with Crippen LogP contribution in [-0.2, 0) is 14.4 Å². The summed E-state index contributed by atoms with van der Waals surface area (Å²) in [5.74, 6) is -4.54. The van der Waals surface area contributed by atoms with E-state index in [4.69, 9.17) is 30.0 Å². The Morgan fingerprint density at radius 1 is 1.12 bits per heavy atom. The van der Waals surface area contributed by atoms with Gasteiger partial charge in [0.2, 0.25) is 0 Å². The van der Waals surface area contributed by atoms with Crippen molar-refractivity contribution in [2.24, 2.45) is 0 Å². The van der Waals surface area contributed by atoms with Gasteiger partial charge < -0.3 is 25.7 Å². The van der Waals surface area contributed by atoms with Crippen molar-refractivity contribution in [1.82, 2.24) is 5.32 Å². The molecule has 0 aliphatic heterocycles. The second-order valence-electron chi connectivity index (χ2n) is 2.97. The van der Waals surface area contributed by atoms with Gasteiger partial charge in [0.25, 0.3) is 0 Å². The van der Waals surface area contributed by atoms with Crippen molar-refractivity contribution >= 4 is 17.9 Å². The molecule has 0 saturated carbocycles. The molecule has 0 aromatic rings. The molecule has 0 fully saturated rings. The first-order chi connectivity index (χ1) is 7.86. The van der Waals surface area contributed by atoms with E-state index in [9.17, 15) is 4.79 Å². The standard InChI is InChI=1S/C7H15NO3.C2H2O4/c1-2-4-8-6(3-5-9)7(10)11;3-1(4)2(5)6/h6,8-9H,2-5H2,1H3,(H,10,11);(H,3,4)(H,5,6). The third-order valence-corrected chi connectivity index (χ3v) is 1.54. The van der Waals surface area contributed by atoms with E-state index in [1.54, 1.807) is 0 Å². The average molecular weight is 251 g/mol. The Morgan fingerprint density at radius 2 is 1.59 bits per heavy atom. The number of carboxylic acid groups (broad SMARTS) is 3. The van der Waals surface area contributed by atoms with Gasteiger partial charge in [-0.3, -0.25) is 4.79 Å². The van der Waals surface area contributed by atoms with Crippen LogP contribution in [0.3, 0.4) is 0 Å². The average Bonchev–Trinajstić information content (AvgIpc) is 2.24. The summed E-state index contributed by atoms with van der Waals surface area (Å²) < 4.78 is 0. The number of carboxylic acids is 3. The lowest BCUT2D eigenvalue weighted by Crippen LogP contribution is -2.37. The molecule has 0 aromatic heterocycles. The van der Waals surface area contributed by atoms with Gasteiger partial charge in [-0.2, -0.15) is 0 Å². The molecule has 0 radical (unpaired) electrons. The molecule has 1 unspecified atom stereocenters. The summed E-state index contributed by atoms with van der Waals surface area (Å²) in [4.78, 5) is 28.6. The second-order valence-corrected chi connectivity index (χ2v) is 2.97. The van der Waals surface area contributed by atoms with Crippen molar-refractivity contribution in [1.29, 1.82) is 0 Å². The van der Waals surface area contributed by atoms with E-state index in [1.807, 2.05) is 6.92 Å². The molecular weight excluding hydrogens is 234 g/mol. The maximum Gasteiger partial charge on any atom is 0.414 e. The van der Waals surface area contributed by atoms with E-state index in [-0.39, 0.29) is 13.0 Å². The van der Waals surface area contributed by atoms with Crippen molar-refractivity contribution in [3.8, 4) is 0 Å². The quantitative estimate of drug-likeness (QED) is 0.377. The summed E-state index contributed by atoms with van der Waals surface area (Å²) >= 11 is 0. The minimum absolute atomic E-state index is 0.0896. The predicted molar refractivity (Wildman–Crippen MR) is 56.7 cm³/mol. The molecule has 0 aromatic carbocycles. The number of carbonyl (C=O) groups is 3. The lowest BCUT2D eigenvalue weighted by Gasteiger charge is -2.11. The van der Waals surface area contributed by atoms with Gasteiger partial charge in [-0.05, 0) is 19.4 Å². The number of hydrogen-bond donors (Lipinski definition) is 5. The van der Waals surface area contributed by atoms with Crippen LogP contribution in [0.15, 0.2) is 0 Å². The van der Waals surface area contributed by atoms with Crippen LogP contribution < -0.4 is 5.32 Å². The van der Waals surface area contributed by atoms with Gasteiger partial charge in [-0.25, -0.2) is 9.59 Å². The summed E-state index contributed by atoms with van der Waals surface area (Å²) in [5.41, 5.74) is 0. The zero-order chi connectivity index (χ0) is 13.8. The van der Waals surface area contributed by atoms with Gasteiger partial charge in [0.1, 0.15) is 6.04 Å².